The minimum absolute atomic E-state index is 0.206. The number of aryl methyl sites for hydroxylation is 1. The summed E-state index contributed by atoms with van der Waals surface area (Å²) < 4.78 is 1.98. The first-order valence-electron chi connectivity index (χ1n) is 6.68. The molecule has 2 aromatic heterocycles. The number of amides is 1. The van der Waals surface area contributed by atoms with Crippen LogP contribution in [0.3, 0.4) is 0 Å². The molecular weight excluding hydrogens is 266 g/mol. The fourth-order valence-corrected chi connectivity index (χ4v) is 2.16. The first-order chi connectivity index (χ1) is 10.2. The third kappa shape index (κ3) is 2.89. The van der Waals surface area contributed by atoms with E-state index in [9.17, 15) is 4.79 Å². The van der Waals surface area contributed by atoms with Gasteiger partial charge in [0.05, 0.1) is 23.6 Å². The number of imidazole rings is 1. The molecular formula is C15H15N5O. The van der Waals surface area contributed by atoms with Crippen molar-refractivity contribution in [2.75, 3.05) is 6.54 Å². The molecule has 1 amide bonds. The third-order valence-electron chi connectivity index (χ3n) is 3.28. The highest BCUT2D eigenvalue weighted by atomic mass is 16.1. The van der Waals surface area contributed by atoms with Crippen molar-refractivity contribution in [3.05, 3.63) is 54.4 Å². The number of rotatable bonds is 4. The Kier molecular flexibility index (Phi) is 3.59. The zero-order chi connectivity index (χ0) is 14.7. The van der Waals surface area contributed by atoms with Crippen molar-refractivity contribution < 1.29 is 4.79 Å². The van der Waals surface area contributed by atoms with Crippen molar-refractivity contribution in [1.29, 1.82) is 0 Å². The Morgan fingerprint density at radius 3 is 3.00 bits per heavy atom. The Bertz CT molecular complexity index is 766. The van der Waals surface area contributed by atoms with Gasteiger partial charge < -0.3 is 9.88 Å². The van der Waals surface area contributed by atoms with Gasteiger partial charge in [0.1, 0.15) is 5.69 Å². The van der Waals surface area contributed by atoms with Crippen LogP contribution in [0.2, 0.25) is 0 Å². The molecule has 0 radical (unpaired) electrons. The van der Waals surface area contributed by atoms with Gasteiger partial charge in [-0.05, 0) is 24.1 Å². The van der Waals surface area contributed by atoms with Crippen molar-refractivity contribution in [2.24, 2.45) is 7.05 Å². The van der Waals surface area contributed by atoms with E-state index in [1.54, 1.807) is 12.5 Å². The highest BCUT2D eigenvalue weighted by molar-refractivity contribution is 5.91. The maximum absolute atomic E-state index is 11.8. The summed E-state index contributed by atoms with van der Waals surface area (Å²) in [6.45, 7) is 0.549. The van der Waals surface area contributed by atoms with Crippen molar-refractivity contribution >= 4 is 16.9 Å². The molecule has 0 unspecified atom stereocenters. The van der Waals surface area contributed by atoms with E-state index >= 15 is 0 Å². The summed E-state index contributed by atoms with van der Waals surface area (Å²) in [6, 6.07) is 6.14. The molecule has 1 N–H and O–H groups in total. The minimum atomic E-state index is -0.206. The van der Waals surface area contributed by atoms with Gasteiger partial charge in [0.25, 0.3) is 5.91 Å². The summed E-state index contributed by atoms with van der Waals surface area (Å²) in [4.78, 5) is 24.0. The average molecular weight is 281 g/mol. The van der Waals surface area contributed by atoms with Crippen molar-refractivity contribution in [1.82, 2.24) is 24.8 Å². The van der Waals surface area contributed by atoms with Gasteiger partial charge >= 0.3 is 0 Å². The lowest BCUT2D eigenvalue weighted by Gasteiger charge is -2.05. The van der Waals surface area contributed by atoms with E-state index in [1.165, 1.54) is 12.4 Å². The molecule has 0 bridgehead atoms. The largest absolute Gasteiger partial charge is 0.350 e. The van der Waals surface area contributed by atoms with Gasteiger partial charge in [0, 0.05) is 26.0 Å². The molecule has 0 saturated heterocycles. The van der Waals surface area contributed by atoms with Crippen LogP contribution in [0.15, 0.2) is 43.1 Å². The van der Waals surface area contributed by atoms with E-state index in [1.807, 2.05) is 23.7 Å². The van der Waals surface area contributed by atoms with E-state index in [-0.39, 0.29) is 5.91 Å². The van der Waals surface area contributed by atoms with E-state index in [4.69, 9.17) is 0 Å². The quantitative estimate of drug-likeness (QED) is 0.783. The topological polar surface area (TPSA) is 72.7 Å². The SMILES string of the molecule is Cn1cnc2cc(CCNC(=O)c3cnccn3)ccc21. The van der Waals surface area contributed by atoms with Crippen LogP contribution in [0.4, 0.5) is 0 Å². The first kappa shape index (κ1) is 13.2. The van der Waals surface area contributed by atoms with Crippen LogP contribution in [-0.4, -0.2) is 32.0 Å². The van der Waals surface area contributed by atoms with Gasteiger partial charge in [0.15, 0.2) is 0 Å². The fraction of sp³-hybridized carbons (Fsp3) is 0.200. The van der Waals surface area contributed by atoms with Gasteiger partial charge in [-0.3, -0.25) is 9.78 Å². The second-order valence-corrected chi connectivity index (χ2v) is 4.78. The van der Waals surface area contributed by atoms with E-state index in [0.29, 0.717) is 12.2 Å². The summed E-state index contributed by atoms with van der Waals surface area (Å²) in [5, 5.41) is 2.83. The average Bonchev–Trinajstić information content (AvgIpc) is 2.89. The van der Waals surface area contributed by atoms with Gasteiger partial charge in [-0.15, -0.1) is 0 Å². The predicted octanol–water partition coefficient (Wildman–Crippen LogP) is 1.34. The maximum Gasteiger partial charge on any atom is 0.271 e. The molecule has 3 aromatic rings. The number of benzene rings is 1. The molecule has 3 rings (SSSR count). The normalized spacial score (nSPS) is 10.7. The molecule has 6 nitrogen and oxygen atoms in total. The molecule has 6 heteroatoms. The number of carbonyl (C=O) groups is 1. The Morgan fingerprint density at radius 2 is 2.19 bits per heavy atom. The van der Waals surface area contributed by atoms with Crippen molar-refractivity contribution in [3.8, 4) is 0 Å². The molecule has 0 aliphatic heterocycles. The Hall–Kier alpha value is -2.76. The van der Waals surface area contributed by atoms with Crippen molar-refractivity contribution in [2.45, 2.75) is 6.42 Å². The molecule has 0 saturated carbocycles. The van der Waals surface area contributed by atoms with Crippen LogP contribution in [0.1, 0.15) is 16.1 Å². The third-order valence-corrected chi connectivity index (χ3v) is 3.28. The first-order valence-corrected chi connectivity index (χ1v) is 6.68. The summed E-state index contributed by atoms with van der Waals surface area (Å²) >= 11 is 0. The Labute approximate surface area is 121 Å². The maximum atomic E-state index is 11.8. The van der Waals surface area contributed by atoms with E-state index < -0.39 is 0 Å². The van der Waals surface area contributed by atoms with Gasteiger partial charge in [-0.25, -0.2) is 9.97 Å². The van der Waals surface area contributed by atoms with Crippen LogP contribution in [0.5, 0.6) is 0 Å². The fourth-order valence-electron chi connectivity index (χ4n) is 2.16. The molecule has 0 fully saturated rings. The number of carbonyl (C=O) groups excluding carboxylic acids is 1. The minimum Gasteiger partial charge on any atom is -0.350 e. The zero-order valence-corrected chi connectivity index (χ0v) is 11.7. The summed E-state index contributed by atoms with van der Waals surface area (Å²) in [5.74, 6) is -0.206. The Balaban J connectivity index is 1.60. The number of aromatic nitrogens is 4. The van der Waals surface area contributed by atoms with Crippen molar-refractivity contribution in [3.63, 3.8) is 0 Å². The zero-order valence-electron chi connectivity index (χ0n) is 11.7. The molecule has 0 spiro atoms. The lowest BCUT2D eigenvalue weighted by molar-refractivity contribution is 0.0949. The van der Waals surface area contributed by atoms with Crippen LogP contribution in [0, 0.1) is 0 Å². The van der Waals surface area contributed by atoms with E-state index in [0.717, 1.165) is 23.0 Å². The van der Waals surface area contributed by atoms with Crippen LogP contribution >= 0.6 is 0 Å². The lowest BCUT2D eigenvalue weighted by Crippen LogP contribution is -2.26. The molecule has 106 valence electrons. The molecule has 0 aliphatic carbocycles. The molecule has 21 heavy (non-hydrogen) atoms. The lowest BCUT2D eigenvalue weighted by atomic mass is 10.1. The van der Waals surface area contributed by atoms with E-state index in [2.05, 4.69) is 26.3 Å². The highest BCUT2D eigenvalue weighted by Gasteiger charge is 2.06. The molecule has 0 atom stereocenters. The molecule has 2 heterocycles. The Morgan fingerprint density at radius 1 is 1.29 bits per heavy atom. The second kappa shape index (κ2) is 5.70. The standard InChI is InChI=1S/C15H15N5O/c1-20-10-19-12-8-11(2-3-14(12)20)4-5-18-15(21)13-9-16-6-7-17-13/h2-3,6-10H,4-5H2,1H3,(H,18,21). The second-order valence-electron chi connectivity index (χ2n) is 4.78. The monoisotopic (exact) mass is 281 g/mol. The van der Waals surface area contributed by atoms with Gasteiger partial charge in [-0.2, -0.15) is 0 Å². The summed E-state index contributed by atoms with van der Waals surface area (Å²) in [5.41, 5.74) is 3.54. The van der Waals surface area contributed by atoms with Crippen LogP contribution in [0.25, 0.3) is 11.0 Å². The smallest absolute Gasteiger partial charge is 0.271 e. The predicted molar refractivity (Wildman–Crippen MR) is 78.8 cm³/mol. The number of nitrogens with zero attached hydrogens (tertiary/aromatic N) is 4. The highest BCUT2D eigenvalue weighted by Crippen LogP contribution is 2.13. The summed E-state index contributed by atoms with van der Waals surface area (Å²) in [6.07, 6.45) is 7.04. The number of hydrogen-bond donors (Lipinski definition) is 1. The number of fused-ring (bicyclic) bond motifs is 1. The van der Waals surface area contributed by atoms with Gasteiger partial charge in [-0.1, -0.05) is 6.07 Å². The van der Waals surface area contributed by atoms with Crippen LogP contribution < -0.4 is 5.32 Å². The number of hydrogen-bond acceptors (Lipinski definition) is 4. The molecule has 1 aromatic carbocycles. The van der Waals surface area contributed by atoms with Gasteiger partial charge in [0.2, 0.25) is 0 Å². The number of nitrogens with one attached hydrogen (secondary N) is 1. The molecule has 0 aliphatic rings. The summed E-state index contributed by atoms with van der Waals surface area (Å²) in [7, 11) is 1.97. The van der Waals surface area contributed by atoms with Crippen LogP contribution in [-0.2, 0) is 13.5 Å².